The first kappa shape index (κ1) is 19.7. The number of rotatable bonds is 5. The third-order valence-electron chi connectivity index (χ3n) is 6.11. The van der Waals surface area contributed by atoms with Gasteiger partial charge in [-0.05, 0) is 52.5 Å². The Kier molecular flexibility index (Phi) is 4.75. The van der Waals surface area contributed by atoms with Crippen LogP contribution in [0, 0.1) is 0 Å². The van der Waals surface area contributed by atoms with Crippen molar-refractivity contribution in [3.05, 3.63) is 36.3 Å². The zero-order valence-corrected chi connectivity index (χ0v) is 17.8. The second-order valence-corrected chi connectivity index (χ2v) is 9.24. The molecule has 1 aliphatic rings. The van der Waals surface area contributed by atoms with Crippen LogP contribution in [0.1, 0.15) is 59.2 Å². The Balaban J connectivity index is 1.91. The summed E-state index contributed by atoms with van der Waals surface area (Å²) < 4.78 is 2.28. The maximum atomic E-state index is 12.3. The normalized spacial score (nSPS) is 16.1. The van der Waals surface area contributed by atoms with E-state index < -0.39 is 17.2 Å². The smallest absolute Gasteiger partial charge is 0.408 e. The predicted molar refractivity (Wildman–Crippen MR) is 115 cm³/mol. The lowest BCUT2D eigenvalue weighted by Crippen LogP contribution is -2.64. The number of benzene rings is 1. The molecular formula is C23H30N4O2. The highest BCUT2D eigenvalue weighted by atomic mass is 16.4. The number of para-hydroxylation sites is 1. The summed E-state index contributed by atoms with van der Waals surface area (Å²) in [5.41, 5.74) is 2.04. The van der Waals surface area contributed by atoms with Crippen molar-refractivity contribution in [2.75, 3.05) is 0 Å². The molecule has 29 heavy (non-hydrogen) atoms. The number of aromatic nitrogens is 3. The Morgan fingerprint density at radius 1 is 1.24 bits per heavy atom. The van der Waals surface area contributed by atoms with Crippen molar-refractivity contribution in [3.8, 4) is 0 Å². The van der Waals surface area contributed by atoms with Gasteiger partial charge in [0.1, 0.15) is 11.3 Å². The molecule has 0 spiro atoms. The lowest BCUT2D eigenvalue weighted by atomic mass is 9.73. The van der Waals surface area contributed by atoms with Gasteiger partial charge in [0, 0.05) is 23.9 Å². The summed E-state index contributed by atoms with van der Waals surface area (Å²) >= 11 is 0. The van der Waals surface area contributed by atoms with Crippen molar-refractivity contribution in [1.82, 2.24) is 19.4 Å². The first-order chi connectivity index (χ1) is 13.8. The molecule has 1 fully saturated rings. The molecule has 154 valence electrons. The summed E-state index contributed by atoms with van der Waals surface area (Å²) in [6, 6.07) is 8.13. The largest absolute Gasteiger partial charge is 0.465 e. The molecule has 0 aliphatic heterocycles. The number of fused-ring (bicyclic) bond motifs is 3. The highest BCUT2D eigenvalue weighted by Crippen LogP contribution is 2.44. The zero-order valence-electron chi connectivity index (χ0n) is 17.8. The molecule has 1 aromatic carbocycles. The van der Waals surface area contributed by atoms with Gasteiger partial charge in [0.2, 0.25) is 0 Å². The highest BCUT2D eigenvalue weighted by molar-refractivity contribution is 6.02. The zero-order chi connectivity index (χ0) is 20.8. The molecule has 1 saturated carbocycles. The first-order valence-corrected chi connectivity index (χ1v) is 10.5. The van der Waals surface area contributed by atoms with Crippen LogP contribution in [-0.2, 0) is 13.0 Å². The first-order valence-electron chi connectivity index (χ1n) is 10.5. The monoisotopic (exact) mass is 394 g/mol. The van der Waals surface area contributed by atoms with Crippen LogP contribution in [0.4, 0.5) is 4.79 Å². The van der Waals surface area contributed by atoms with Crippen LogP contribution in [0.15, 0.2) is 30.5 Å². The minimum Gasteiger partial charge on any atom is -0.465 e. The summed E-state index contributed by atoms with van der Waals surface area (Å²) in [5.74, 6) is 1.02. The maximum Gasteiger partial charge on any atom is 0.408 e. The van der Waals surface area contributed by atoms with Crippen molar-refractivity contribution in [2.45, 2.75) is 77.4 Å². The average molecular weight is 395 g/mol. The number of amides is 1. The Labute approximate surface area is 171 Å². The van der Waals surface area contributed by atoms with Crippen LogP contribution in [0.25, 0.3) is 21.9 Å². The number of hydrogen-bond acceptors (Lipinski definition) is 3. The van der Waals surface area contributed by atoms with Crippen molar-refractivity contribution in [1.29, 1.82) is 0 Å². The minimum absolute atomic E-state index is 0.398. The van der Waals surface area contributed by atoms with E-state index in [0.717, 1.165) is 59.9 Å². The molecule has 0 radical (unpaired) electrons. The molecular weight excluding hydrogens is 364 g/mol. The highest BCUT2D eigenvalue weighted by Gasteiger charge is 2.50. The topological polar surface area (TPSA) is 71.2 Å². The minimum atomic E-state index is -0.842. The van der Waals surface area contributed by atoms with Crippen LogP contribution in [0.2, 0.25) is 0 Å². The van der Waals surface area contributed by atoms with E-state index in [4.69, 9.17) is 4.98 Å². The number of pyridine rings is 1. The van der Waals surface area contributed by atoms with Gasteiger partial charge in [0.15, 0.2) is 0 Å². The van der Waals surface area contributed by atoms with Crippen LogP contribution < -0.4 is 0 Å². The quantitative estimate of drug-likeness (QED) is 0.642. The fraction of sp³-hybridized carbons (Fsp3) is 0.522. The molecule has 6 nitrogen and oxygen atoms in total. The molecule has 1 N–H and O–H groups in total. The Hall–Kier alpha value is -2.63. The Morgan fingerprint density at radius 3 is 2.55 bits per heavy atom. The van der Waals surface area contributed by atoms with Gasteiger partial charge in [-0.2, -0.15) is 0 Å². The number of aryl methyl sites for hydroxylation is 1. The number of carbonyl (C=O) groups is 1. The molecule has 6 heteroatoms. The van der Waals surface area contributed by atoms with Crippen LogP contribution in [0.3, 0.4) is 0 Å². The number of imidazole rings is 1. The molecule has 2 aromatic heterocycles. The number of nitrogens with zero attached hydrogens (tertiary/aromatic N) is 4. The van der Waals surface area contributed by atoms with Gasteiger partial charge in [-0.1, -0.05) is 25.1 Å². The van der Waals surface area contributed by atoms with E-state index in [-0.39, 0.29) is 0 Å². The molecule has 3 aromatic rings. The van der Waals surface area contributed by atoms with E-state index in [0.29, 0.717) is 6.54 Å². The third-order valence-corrected chi connectivity index (χ3v) is 6.11. The SMILES string of the molecule is CCCc1nc2cnc3ccccc3c2n1CC1(N(C(=O)O)C(C)(C)C)CCC1. The molecule has 0 atom stereocenters. The summed E-state index contributed by atoms with van der Waals surface area (Å²) in [6.45, 7) is 8.74. The molecule has 0 saturated heterocycles. The summed E-state index contributed by atoms with van der Waals surface area (Å²) in [6.07, 6.45) is 5.67. The van der Waals surface area contributed by atoms with Crippen LogP contribution in [0.5, 0.6) is 0 Å². The van der Waals surface area contributed by atoms with Crippen LogP contribution in [-0.4, -0.2) is 41.7 Å². The standard InChI is InChI=1S/C23H30N4O2/c1-5-9-19-25-18-14-24-17-11-7-6-10-16(17)20(18)26(19)15-23(12-8-13-23)27(21(28)29)22(2,3)4/h6-7,10-11,14H,5,8-9,12-13,15H2,1-4H3,(H,28,29). The van der Waals surface area contributed by atoms with Gasteiger partial charge >= 0.3 is 6.09 Å². The van der Waals surface area contributed by atoms with E-state index in [9.17, 15) is 9.90 Å². The van der Waals surface area contributed by atoms with Gasteiger partial charge in [-0.15, -0.1) is 0 Å². The van der Waals surface area contributed by atoms with E-state index in [1.165, 1.54) is 0 Å². The van der Waals surface area contributed by atoms with Gasteiger partial charge in [-0.25, -0.2) is 9.78 Å². The maximum absolute atomic E-state index is 12.3. The fourth-order valence-electron chi connectivity index (χ4n) is 4.93. The molecule has 1 aliphatic carbocycles. The Bertz CT molecular complexity index is 1060. The molecule has 0 bridgehead atoms. The van der Waals surface area contributed by atoms with Gasteiger partial charge in [-0.3, -0.25) is 9.88 Å². The number of hydrogen-bond donors (Lipinski definition) is 1. The van der Waals surface area contributed by atoms with Crippen molar-refractivity contribution in [3.63, 3.8) is 0 Å². The second-order valence-electron chi connectivity index (χ2n) is 9.24. The molecule has 2 heterocycles. The second kappa shape index (κ2) is 7.01. The van der Waals surface area contributed by atoms with Crippen molar-refractivity contribution in [2.24, 2.45) is 0 Å². The summed E-state index contributed by atoms with van der Waals surface area (Å²) in [5, 5.41) is 11.2. The predicted octanol–water partition coefficient (Wildman–Crippen LogP) is 5.24. The molecule has 4 rings (SSSR count). The third kappa shape index (κ3) is 3.24. The molecule has 1 amide bonds. The van der Waals surface area contributed by atoms with Crippen molar-refractivity contribution >= 4 is 28.0 Å². The van der Waals surface area contributed by atoms with Crippen LogP contribution >= 0.6 is 0 Å². The van der Waals surface area contributed by atoms with Crippen molar-refractivity contribution < 1.29 is 9.90 Å². The summed E-state index contributed by atoms with van der Waals surface area (Å²) in [4.78, 5) is 23.5. The van der Waals surface area contributed by atoms with E-state index in [1.54, 1.807) is 4.90 Å². The number of carboxylic acid groups (broad SMARTS) is 1. The Morgan fingerprint density at radius 2 is 1.97 bits per heavy atom. The van der Waals surface area contributed by atoms with Gasteiger partial charge in [0.05, 0.1) is 22.8 Å². The van der Waals surface area contributed by atoms with E-state index >= 15 is 0 Å². The average Bonchev–Trinajstić information content (AvgIpc) is 2.96. The van der Waals surface area contributed by atoms with Gasteiger partial charge < -0.3 is 9.67 Å². The lowest BCUT2D eigenvalue weighted by molar-refractivity contribution is -0.0386. The lowest BCUT2D eigenvalue weighted by Gasteiger charge is -2.54. The van der Waals surface area contributed by atoms with E-state index in [1.807, 2.05) is 45.2 Å². The van der Waals surface area contributed by atoms with Gasteiger partial charge in [0.25, 0.3) is 0 Å². The van der Waals surface area contributed by atoms with E-state index in [2.05, 4.69) is 22.5 Å². The molecule has 0 unspecified atom stereocenters. The fourth-order valence-corrected chi connectivity index (χ4v) is 4.93. The summed E-state index contributed by atoms with van der Waals surface area (Å²) in [7, 11) is 0.